The van der Waals surface area contributed by atoms with Crippen molar-refractivity contribution < 1.29 is 9.72 Å². The van der Waals surface area contributed by atoms with Crippen molar-refractivity contribution >= 4 is 17.4 Å². The molecule has 3 aromatic rings. The Hall–Kier alpha value is -3.49. The molecule has 0 aliphatic carbocycles. The standard InChI is InChI=1S/C16H16N6O3/c1-12-3-2-4-13(7-12)9-21-10-14(8-17-21)18-16(23)11-20-6-5-15(19-20)22(24)25/h2-8,10H,9,11H2,1H3,(H,18,23). The number of carbonyl (C=O) groups is 1. The van der Waals surface area contributed by atoms with Crippen molar-refractivity contribution in [2.75, 3.05) is 5.32 Å². The Morgan fingerprint density at radius 1 is 1.32 bits per heavy atom. The maximum Gasteiger partial charge on any atom is 0.389 e. The summed E-state index contributed by atoms with van der Waals surface area (Å²) in [6, 6.07) is 9.34. The summed E-state index contributed by atoms with van der Waals surface area (Å²) in [6.07, 6.45) is 4.67. The van der Waals surface area contributed by atoms with Gasteiger partial charge in [-0.15, -0.1) is 0 Å². The molecule has 128 valence electrons. The van der Waals surface area contributed by atoms with Crippen LogP contribution in [0.15, 0.2) is 48.9 Å². The highest BCUT2D eigenvalue weighted by molar-refractivity contribution is 5.90. The van der Waals surface area contributed by atoms with Crippen LogP contribution in [0.2, 0.25) is 0 Å². The molecule has 3 rings (SSSR count). The highest BCUT2D eigenvalue weighted by atomic mass is 16.6. The zero-order chi connectivity index (χ0) is 17.8. The number of aryl methyl sites for hydroxylation is 1. The predicted molar refractivity (Wildman–Crippen MR) is 90.0 cm³/mol. The number of hydrogen-bond donors (Lipinski definition) is 1. The molecule has 0 aliphatic rings. The summed E-state index contributed by atoms with van der Waals surface area (Å²) in [5.74, 6) is -0.633. The van der Waals surface area contributed by atoms with Crippen molar-refractivity contribution in [1.82, 2.24) is 19.6 Å². The van der Waals surface area contributed by atoms with Crippen molar-refractivity contribution in [2.24, 2.45) is 0 Å². The number of nitrogens with zero attached hydrogens (tertiary/aromatic N) is 5. The largest absolute Gasteiger partial charge is 0.389 e. The van der Waals surface area contributed by atoms with E-state index in [1.54, 1.807) is 17.1 Å². The van der Waals surface area contributed by atoms with E-state index >= 15 is 0 Å². The Morgan fingerprint density at radius 2 is 2.16 bits per heavy atom. The third kappa shape index (κ3) is 4.28. The van der Waals surface area contributed by atoms with E-state index in [9.17, 15) is 14.9 Å². The van der Waals surface area contributed by atoms with Crippen molar-refractivity contribution in [1.29, 1.82) is 0 Å². The van der Waals surface area contributed by atoms with E-state index in [0.717, 1.165) is 5.56 Å². The summed E-state index contributed by atoms with van der Waals surface area (Å²) < 4.78 is 2.94. The first-order valence-electron chi connectivity index (χ1n) is 7.55. The summed E-state index contributed by atoms with van der Waals surface area (Å²) in [4.78, 5) is 22.0. The maximum absolute atomic E-state index is 12.0. The molecule has 9 nitrogen and oxygen atoms in total. The van der Waals surface area contributed by atoms with Crippen LogP contribution in [0.5, 0.6) is 0 Å². The topological polar surface area (TPSA) is 108 Å². The van der Waals surface area contributed by atoms with Gasteiger partial charge >= 0.3 is 5.82 Å². The number of carbonyl (C=O) groups excluding carboxylic acids is 1. The molecule has 0 saturated carbocycles. The zero-order valence-corrected chi connectivity index (χ0v) is 13.5. The molecule has 2 aromatic heterocycles. The van der Waals surface area contributed by atoms with Gasteiger partial charge in [0.15, 0.2) is 0 Å². The van der Waals surface area contributed by atoms with Gasteiger partial charge in [0.2, 0.25) is 5.91 Å². The van der Waals surface area contributed by atoms with Gasteiger partial charge in [-0.1, -0.05) is 29.8 Å². The zero-order valence-electron chi connectivity index (χ0n) is 13.5. The molecule has 1 aromatic carbocycles. The monoisotopic (exact) mass is 340 g/mol. The summed E-state index contributed by atoms with van der Waals surface area (Å²) in [5.41, 5.74) is 2.84. The summed E-state index contributed by atoms with van der Waals surface area (Å²) >= 11 is 0. The minimum absolute atomic E-state index is 0.114. The first kappa shape index (κ1) is 16.4. The number of anilines is 1. The number of hydrogen-bond acceptors (Lipinski definition) is 5. The first-order valence-corrected chi connectivity index (χ1v) is 7.55. The highest BCUT2D eigenvalue weighted by Gasteiger charge is 2.14. The van der Waals surface area contributed by atoms with E-state index in [2.05, 4.69) is 21.6 Å². The van der Waals surface area contributed by atoms with Crippen LogP contribution in [0.25, 0.3) is 0 Å². The fourth-order valence-corrected chi connectivity index (χ4v) is 2.40. The highest BCUT2D eigenvalue weighted by Crippen LogP contribution is 2.10. The van der Waals surface area contributed by atoms with Crippen LogP contribution in [0.4, 0.5) is 11.5 Å². The van der Waals surface area contributed by atoms with E-state index < -0.39 is 4.92 Å². The number of benzene rings is 1. The summed E-state index contributed by atoms with van der Waals surface area (Å²) in [6.45, 7) is 2.51. The molecule has 1 amide bonds. The SMILES string of the molecule is Cc1cccc(Cn2cc(NC(=O)Cn3ccc([N+](=O)[O-])n3)cn2)c1. The predicted octanol–water partition coefficient (Wildman–Crippen LogP) is 1.98. The maximum atomic E-state index is 12.0. The fraction of sp³-hybridized carbons (Fsp3) is 0.188. The average Bonchev–Trinajstić information content (AvgIpc) is 3.17. The second kappa shape index (κ2) is 6.95. The van der Waals surface area contributed by atoms with Gasteiger partial charge in [-0.2, -0.15) is 9.78 Å². The molecule has 0 radical (unpaired) electrons. The minimum atomic E-state index is -0.607. The number of amides is 1. The molecule has 0 spiro atoms. The van der Waals surface area contributed by atoms with Gasteiger partial charge in [0.25, 0.3) is 0 Å². The van der Waals surface area contributed by atoms with E-state index in [-0.39, 0.29) is 18.3 Å². The second-order valence-electron chi connectivity index (χ2n) is 5.59. The van der Waals surface area contributed by atoms with Crippen molar-refractivity contribution in [3.05, 3.63) is 70.2 Å². The summed E-state index contributed by atoms with van der Waals surface area (Å²) in [7, 11) is 0. The second-order valence-corrected chi connectivity index (χ2v) is 5.59. The Labute approximate surface area is 143 Å². The van der Waals surface area contributed by atoms with Gasteiger partial charge < -0.3 is 15.4 Å². The number of aromatic nitrogens is 4. The molecule has 0 bridgehead atoms. The number of nitrogens with one attached hydrogen (secondary N) is 1. The molecular formula is C16H16N6O3. The lowest BCUT2D eigenvalue weighted by Gasteiger charge is -2.03. The van der Waals surface area contributed by atoms with E-state index in [4.69, 9.17) is 0 Å². The molecule has 0 aliphatic heterocycles. The molecule has 2 heterocycles. The van der Waals surface area contributed by atoms with Crippen LogP contribution in [-0.2, 0) is 17.9 Å². The van der Waals surface area contributed by atoms with E-state index in [1.807, 2.05) is 25.1 Å². The molecule has 0 saturated heterocycles. The molecule has 0 unspecified atom stereocenters. The summed E-state index contributed by atoms with van der Waals surface area (Å²) in [5, 5.41) is 21.2. The first-order chi connectivity index (χ1) is 12.0. The smallest absolute Gasteiger partial charge is 0.358 e. The van der Waals surface area contributed by atoms with Crippen LogP contribution in [0, 0.1) is 17.0 Å². The van der Waals surface area contributed by atoms with E-state index in [0.29, 0.717) is 12.2 Å². The third-order valence-corrected chi connectivity index (χ3v) is 3.46. The molecule has 0 atom stereocenters. The lowest BCUT2D eigenvalue weighted by Crippen LogP contribution is -2.18. The number of nitro groups is 1. The normalized spacial score (nSPS) is 10.6. The average molecular weight is 340 g/mol. The van der Waals surface area contributed by atoms with Crippen molar-refractivity contribution in [3.8, 4) is 0 Å². The molecule has 9 heteroatoms. The van der Waals surface area contributed by atoms with Crippen LogP contribution in [0.1, 0.15) is 11.1 Å². The van der Waals surface area contributed by atoms with Crippen LogP contribution >= 0.6 is 0 Å². The number of rotatable bonds is 6. The Morgan fingerprint density at radius 3 is 2.88 bits per heavy atom. The lowest BCUT2D eigenvalue weighted by atomic mass is 10.1. The Bertz CT molecular complexity index is 914. The molecule has 25 heavy (non-hydrogen) atoms. The van der Waals surface area contributed by atoms with Gasteiger partial charge in [-0.25, -0.2) is 0 Å². The third-order valence-electron chi connectivity index (χ3n) is 3.46. The Kier molecular flexibility index (Phi) is 4.55. The Balaban J connectivity index is 1.58. The van der Waals surface area contributed by atoms with Crippen LogP contribution in [0.3, 0.4) is 0 Å². The minimum Gasteiger partial charge on any atom is -0.358 e. The van der Waals surface area contributed by atoms with Crippen LogP contribution < -0.4 is 5.32 Å². The fourth-order valence-electron chi connectivity index (χ4n) is 2.40. The quantitative estimate of drug-likeness (QED) is 0.545. The lowest BCUT2D eigenvalue weighted by molar-refractivity contribution is -0.389. The molecule has 1 N–H and O–H groups in total. The van der Waals surface area contributed by atoms with Gasteiger partial charge in [-0.05, 0) is 17.4 Å². The van der Waals surface area contributed by atoms with Gasteiger partial charge in [0, 0.05) is 6.20 Å². The van der Waals surface area contributed by atoms with Gasteiger partial charge in [0.05, 0.1) is 35.8 Å². The van der Waals surface area contributed by atoms with Crippen molar-refractivity contribution in [3.63, 3.8) is 0 Å². The van der Waals surface area contributed by atoms with Gasteiger partial charge in [-0.3, -0.25) is 9.48 Å². The van der Waals surface area contributed by atoms with Crippen LogP contribution in [-0.4, -0.2) is 30.4 Å². The molecule has 0 fully saturated rings. The molecular weight excluding hydrogens is 324 g/mol. The van der Waals surface area contributed by atoms with Crippen molar-refractivity contribution in [2.45, 2.75) is 20.0 Å². The van der Waals surface area contributed by atoms with E-state index in [1.165, 1.54) is 22.5 Å². The van der Waals surface area contributed by atoms with Gasteiger partial charge in [0.1, 0.15) is 6.54 Å².